The summed E-state index contributed by atoms with van der Waals surface area (Å²) in [6.07, 6.45) is 0. The van der Waals surface area contributed by atoms with Crippen LogP contribution in [0.2, 0.25) is 0 Å². The Morgan fingerprint density at radius 1 is 1.15 bits per heavy atom. The van der Waals surface area contributed by atoms with Gasteiger partial charge in [0.15, 0.2) is 5.78 Å². The van der Waals surface area contributed by atoms with Crippen LogP contribution in [0.15, 0.2) is 18.2 Å². The molecule has 0 spiro atoms. The fraction of sp³-hybridized carbons (Fsp3) is 0.533. The third-order valence-corrected chi connectivity index (χ3v) is 4.15. The van der Waals surface area contributed by atoms with E-state index in [0.29, 0.717) is 11.3 Å². The number of rotatable bonds is 3. The van der Waals surface area contributed by atoms with E-state index in [1.54, 1.807) is 19.2 Å². The van der Waals surface area contributed by atoms with Crippen LogP contribution in [0.1, 0.15) is 45.0 Å². The van der Waals surface area contributed by atoms with Crippen LogP contribution in [0.5, 0.6) is 5.75 Å². The van der Waals surface area contributed by atoms with E-state index in [2.05, 4.69) is 0 Å². The van der Waals surface area contributed by atoms with Crippen molar-refractivity contribution in [2.24, 2.45) is 0 Å². The van der Waals surface area contributed by atoms with Gasteiger partial charge < -0.3 is 14.0 Å². The highest BCUT2D eigenvalue weighted by Crippen LogP contribution is 2.37. The zero-order valence-corrected chi connectivity index (χ0v) is 12.9. The highest BCUT2D eigenvalue weighted by Gasteiger charge is 2.52. The lowest BCUT2D eigenvalue weighted by molar-refractivity contribution is 0.00578. The second-order valence-electron chi connectivity index (χ2n) is 6.10. The maximum Gasteiger partial charge on any atom is 0.498 e. The molecule has 0 aliphatic carbocycles. The molecule has 1 aromatic rings. The molecule has 0 saturated carbocycles. The average Bonchev–Trinajstić information content (AvgIpc) is 2.57. The molecule has 0 atom stereocenters. The Labute approximate surface area is 120 Å². The first-order chi connectivity index (χ1) is 9.18. The van der Waals surface area contributed by atoms with Gasteiger partial charge in [0.25, 0.3) is 0 Å². The fourth-order valence-corrected chi connectivity index (χ4v) is 2.09. The summed E-state index contributed by atoms with van der Waals surface area (Å²) in [5, 5.41) is 0. The molecule has 1 saturated heterocycles. The van der Waals surface area contributed by atoms with E-state index in [4.69, 9.17) is 14.0 Å². The third-order valence-electron chi connectivity index (χ3n) is 4.15. The third kappa shape index (κ3) is 2.48. The first-order valence-corrected chi connectivity index (χ1v) is 6.72. The molecule has 1 aliphatic heterocycles. The molecule has 0 amide bonds. The van der Waals surface area contributed by atoms with Gasteiger partial charge in [0.2, 0.25) is 0 Å². The van der Waals surface area contributed by atoms with E-state index in [0.717, 1.165) is 5.46 Å². The Bertz CT molecular complexity index is 521. The van der Waals surface area contributed by atoms with E-state index >= 15 is 0 Å². The summed E-state index contributed by atoms with van der Waals surface area (Å²) < 4.78 is 17.4. The van der Waals surface area contributed by atoms with Crippen molar-refractivity contribution in [2.75, 3.05) is 7.11 Å². The fourth-order valence-electron chi connectivity index (χ4n) is 2.09. The molecule has 0 aromatic heterocycles. The van der Waals surface area contributed by atoms with E-state index in [1.807, 2.05) is 33.8 Å². The van der Waals surface area contributed by atoms with Gasteiger partial charge in [-0.1, -0.05) is 12.1 Å². The lowest BCUT2D eigenvalue weighted by Crippen LogP contribution is -2.41. The van der Waals surface area contributed by atoms with Crippen molar-refractivity contribution in [3.63, 3.8) is 0 Å². The summed E-state index contributed by atoms with van der Waals surface area (Å²) >= 11 is 0. The van der Waals surface area contributed by atoms with Crippen molar-refractivity contribution in [1.29, 1.82) is 0 Å². The van der Waals surface area contributed by atoms with Gasteiger partial charge in [-0.15, -0.1) is 0 Å². The van der Waals surface area contributed by atoms with Crippen LogP contribution in [0.25, 0.3) is 0 Å². The molecular formula is C15H21BO4. The Balaban J connectivity index is 2.37. The standard InChI is InChI=1S/C15H21BO4/c1-10(17)11-7-8-12(13(9-11)18-6)16-19-14(2,3)15(4,5)20-16/h7-9H,1-6H3. The highest BCUT2D eigenvalue weighted by atomic mass is 16.7. The van der Waals surface area contributed by atoms with Gasteiger partial charge >= 0.3 is 7.12 Å². The molecule has 108 valence electrons. The van der Waals surface area contributed by atoms with Crippen LogP contribution in [0.4, 0.5) is 0 Å². The molecule has 5 heteroatoms. The van der Waals surface area contributed by atoms with Crippen LogP contribution in [-0.4, -0.2) is 31.2 Å². The lowest BCUT2D eigenvalue weighted by Gasteiger charge is -2.32. The van der Waals surface area contributed by atoms with Crippen molar-refractivity contribution >= 4 is 18.4 Å². The number of hydrogen-bond donors (Lipinski definition) is 0. The molecule has 0 unspecified atom stereocenters. The maximum atomic E-state index is 11.4. The van der Waals surface area contributed by atoms with Gasteiger partial charge in [-0.2, -0.15) is 0 Å². The van der Waals surface area contributed by atoms with Gasteiger partial charge in [-0.05, 0) is 40.7 Å². The molecule has 1 heterocycles. The number of carbonyl (C=O) groups excluding carboxylic acids is 1. The minimum atomic E-state index is -0.490. The van der Waals surface area contributed by atoms with Crippen LogP contribution in [-0.2, 0) is 9.31 Å². The van der Waals surface area contributed by atoms with Gasteiger partial charge in [-0.25, -0.2) is 0 Å². The molecular weight excluding hydrogens is 255 g/mol. The monoisotopic (exact) mass is 276 g/mol. The van der Waals surface area contributed by atoms with Gasteiger partial charge in [0.05, 0.1) is 18.3 Å². The maximum absolute atomic E-state index is 11.4. The van der Waals surface area contributed by atoms with E-state index in [9.17, 15) is 4.79 Å². The van der Waals surface area contributed by atoms with Crippen LogP contribution in [0, 0.1) is 0 Å². The normalized spacial score (nSPS) is 20.0. The van der Waals surface area contributed by atoms with Crippen LogP contribution in [0.3, 0.4) is 0 Å². The van der Waals surface area contributed by atoms with E-state index in [-0.39, 0.29) is 5.78 Å². The molecule has 1 aliphatic rings. The number of carbonyl (C=O) groups is 1. The Kier molecular flexibility index (Phi) is 3.69. The zero-order chi connectivity index (χ0) is 15.1. The topological polar surface area (TPSA) is 44.8 Å². The molecule has 1 fully saturated rings. The molecule has 0 N–H and O–H groups in total. The number of hydrogen-bond acceptors (Lipinski definition) is 4. The van der Waals surface area contributed by atoms with Crippen molar-refractivity contribution < 1.29 is 18.8 Å². The first-order valence-electron chi connectivity index (χ1n) is 6.72. The number of methoxy groups -OCH3 is 1. The predicted molar refractivity (Wildman–Crippen MR) is 78.7 cm³/mol. The number of Topliss-reactive ketones (excluding diaryl/α,β-unsaturated/α-hetero) is 1. The van der Waals surface area contributed by atoms with Gasteiger partial charge in [-0.3, -0.25) is 4.79 Å². The molecule has 20 heavy (non-hydrogen) atoms. The Morgan fingerprint density at radius 3 is 2.15 bits per heavy atom. The molecule has 0 radical (unpaired) electrons. The number of ether oxygens (including phenoxy) is 1. The Hall–Kier alpha value is -1.33. The molecule has 2 rings (SSSR count). The van der Waals surface area contributed by atoms with Crippen LogP contribution < -0.4 is 10.2 Å². The van der Waals surface area contributed by atoms with Crippen LogP contribution >= 0.6 is 0 Å². The zero-order valence-electron chi connectivity index (χ0n) is 12.9. The largest absolute Gasteiger partial charge is 0.498 e. The Morgan fingerprint density at radius 2 is 1.70 bits per heavy atom. The summed E-state index contributed by atoms with van der Waals surface area (Å²) in [5.74, 6) is 0.611. The quantitative estimate of drug-likeness (QED) is 0.627. The lowest BCUT2D eigenvalue weighted by atomic mass is 9.78. The number of benzene rings is 1. The molecule has 4 nitrogen and oxygen atoms in total. The minimum Gasteiger partial charge on any atom is -0.497 e. The molecule has 1 aromatic carbocycles. The summed E-state index contributed by atoms with van der Waals surface area (Å²) in [5.41, 5.74) is 0.613. The van der Waals surface area contributed by atoms with Gasteiger partial charge in [0, 0.05) is 11.0 Å². The summed E-state index contributed by atoms with van der Waals surface area (Å²) in [6.45, 7) is 9.54. The highest BCUT2D eigenvalue weighted by molar-refractivity contribution is 6.63. The van der Waals surface area contributed by atoms with Crippen molar-refractivity contribution in [1.82, 2.24) is 0 Å². The predicted octanol–water partition coefficient (Wildman–Crippen LogP) is 2.20. The van der Waals surface area contributed by atoms with E-state index in [1.165, 1.54) is 6.92 Å². The SMILES string of the molecule is COc1cc(C(C)=O)ccc1B1OC(C)(C)C(C)(C)O1. The van der Waals surface area contributed by atoms with Gasteiger partial charge in [0.1, 0.15) is 5.75 Å². The first kappa shape index (κ1) is 15.1. The van der Waals surface area contributed by atoms with Crippen molar-refractivity contribution in [3.8, 4) is 5.75 Å². The summed E-state index contributed by atoms with van der Waals surface area (Å²) in [6, 6.07) is 5.33. The summed E-state index contributed by atoms with van der Waals surface area (Å²) in [4.78, 5) is 11.4. The minimum absolute atomic E-state index is 0.00349. The molecule has 0 bridgehead atoms. The van der Waals surface area contributed by atoms with Crippen molar-refractivity contribution in [3.05, 3.63) is 23.8 Å². The smallest absolute Gasteiger partial charge is 0.497 e. The number of ketones is 1. The second kappa shape index (κ2) is 4.90. The summed E-state index contributed by atoms with van der Waals surface area (Å²) in [7, 11) is 1.09. The van der Waals surface area contributed by atoms with Crippen molar-refractivity contribution in [2.45, 2.75) is 45.8 Å². The van der Waals surface area contributed by atoms with E-state index < -0.39 is 18.3 Å². The second-order valence-corrected chi connectivity index (χ2v) is 6.10. The average molecular weight is 276 g/mol.